The number of ether oxygens (including phenoxy) is 1. The molecule has 0 amide bonds. The van der Waals surface area contributed by atoms with Gasteiger partial charge in [0.1, 0.15) is 0 Å². The third-order valence-corrected chi connectivity index (χ3v) is 2.07. The molecule has 0 aliphatic heterocycles. The van der Waals surface area contributed by atoms with Crippen molar-refractivity contribution in [2.24, 2.45) is 5.14 Å². The second-order valence-corrected chi connectivity index (χ2v) is 3.84. The van der Waals surface area contributed by atoms with Crippen LogP contribution in [0.1, 0.15) is 20.3 Å². The van der Waals surface area contributed by atoms with Gasteiger partial charge in [-0.05, 0) is 6.92 Å². The minimum atomic E-state index is -3.75. The lowest BCUT2D eigenvalue weighted by atomic mass is 10.5. The van der Waals surface area contributed by atoms with Crippen molar-refractivity contribution in [1.29, 1.82) is 0 Å². The molecule has 0 fully saturated rings. The first-order valence-corrected chi connectivity index (χ1v) is 4.70. The Bertz CT molecular complexity index is 233. The largest absolute Gasteiger partial charge is 0.445 e. The van der Waals surface area contributed by atoms with Crippen molar-refractivity contribution in [1.82, 2.24) is 0 Å². The molecular weight excluding hydrogens is 170 g/mol. The fraction of sp³-hybridized carbons (Fsp3) is 0.800. The predicted octanol–water partition coefficient (Wildman–Crippen LogP) is -0.426. The molecule has 5 nitrogen and oxygen atoms in total. The molecule has 0 aliphatic rings. The second kappa shape index (κ2) is 3.68. The monoisotopic (exact) mass is 181 g/mol. The first-order valence-electron chi connectivity index (χ1n) is 3.09. The Hall–Kier alpha value is -0.620. The zero-order chi connectivity index (χ0) is 9.07. The molecule has 0 saturated heterocycles. The second-order valence-electron chi connectivity index (χ2n) is 2.00. The van der Waals surface area contributed by atoms with E-state index in [2.05, 4.69) is 9.88 Å². The highest BCUT2D eigenvalue weighted by atomic mass is 32.2. The maximum atomic E-state index is 10.5. The summed E-state index contributed by atoms with van der Waals surface area (Å²) < 4.78 is 25.4. The molecule has 1 unspecified atom stereocenters. The molecule has 0 aromatic rings. The summed E-state index contributed by atoms with van der Waals surface area (Å²) in [5.74, 6) is -0.577. The van der Waals surface area contributed by atoms with Crippen LogP contribution >= 0.6 is 0 Å². The molecule has 2 N–H and O–H groups in total. The van der Waals surface area contributed by atoms with Crippen molar-refractivity contribution in [2.45, 2.75) is 25.7 Å². The topological polar surface area (TPSA) is 86.5 Å². The molecular formula is C5H11NO4S. The van der Waals surface area contributed by atoms with E-state index in [1.54, 1.807) is 6.92 Å². The Morgan fingerprint density at radius 3 is 2.36 bits per heavy atom. The molecule has 1 atom stereocenters. The van der Waals surface area contributed by atoms with E-state index in [4.69, 9.17) is 0 Å². The highest BCUT2D eigenvalue weighted by Gasteiger charge is 2.18. The Kier molecular flexibility index (Phi) is 3.47. The van der Waals surface area contributed by atoms with Crippen molar-refractivity contribution in [2.75, 3.05) is 0 Å². The lowest BCUT2D eigenvalue weighted by Crippen LogP contribution is -2.30. The van der Waals surface area contributed by atoms with Gasteiger partial charge in [0.25, 0.3) is 0 Å². The first kappa shape index (κ1) is 10.4. The first-order chi connectivity index (χ1) is 4.88. The van der Waals surface area contributed by atoms with Crippen LogP contribution in [0.2, 0.25) is 0 Å². The van der Waals surface area contributed by atoms with Gasteiger partial charge in [-0.25, -0.2) is 13.6 Å². The standard InChI is InChI=1S/C5H11NO4S/c1-3-5(7)10-4(2)11(6,8)9/h4H,3H2,1-2H3,(H2,6,8,9). The molecule has 0 rings (SSSR count). The van der Waals surface area contributed by atoms with Crippen LogP contribution < -0.4 is 5.14 Å². The molecule has 6 heteroatoms. The maximum Gasteiger partial charge on any atom is 0.306 e. The SMILES string of the molecule is CCC(=O)OC(C)S(N)(=O)=O. The third-order valence-electron chi connectivity index (χ3n) is 1.05. The fourth-order valence-electron chi connectivity index (χ4n) is 0.336. The summed E-state index contributed by atoms with van der Waals surface area (Å²) in [6.07, 6.45) is 0.139. The number of carbonyl (C=O) groups is 1. The zero-order valence-electron chi connectivity index (χ0n) is 6.40. The van der Waals surface area contributed by atoms with Gasteiger partial charge in [-0.2, -0.15) is 0 Å². The number of hydrogen-bond donors (Lipinski definition) is 1. The fourth-order valence-corrected chi connectivity index (χ4v) is 0.577. The van der Waals surface area contributed by atoms with Gasteiger partial charge < -0.3 is 4.74 Å². The molecule has 0 aromatic heterocycles. The lowest BCUT2D eigenvalue weighted by Gasteiger charge is -2.08. The average molecular weight is 181 g/mol. The van der Waals surface area contributed by atoms with Crippen molar-refractivity contribution in [3.8, 4) is 0 Å². The van der Waals surface area contributed by atoms with Crippen LogP contribution in [0, 0.1) is 0 Å². The molecule has 0 heterocycles. The molecule has 0 saturated carbocycles. The van der Waals surface area contributed by atoms with Crippen LogP contribution in [0.15, 0.2) is 0 Å². The zero-order valence-corrected chi connectivity index (χ0v) is 7.22. The Morgan fingerprint density at radius 1 is 1.64 bits per heavy atom. The van der Waals surface area contributed by atoms with Crippen LogP contribution in [0.25, 0.3) is 0 Å². The number of nitrogens with two attached hydrogens (primary N) is 1. The van der Waals surface area contributed by atoms with Crippen LogP contribution in [-0.4, -0.2) is 19.8 Å². The molecule has 0 bridgehead atoms. The van der Waals surface area contributed by atoms with Gasteiger partial charge >= 0.3 is 5.97 Å². The molecule has 0 radical (unpaired) electrons. The van der Waals surface area contributed by atoms with E-state index < -0.39 is 21.4 Å². The van der Waals surface area contributed by atoms with Gasteiger partial charge in [0.15, 0.2) is 0 Å². The summed E-state index contributed by atoms with van der Waals surface area (Å²) in [5.41, 5.74) is -1.25. The Balaban J connectivity index is 4.10. The highest BCUT2D eigenvalue weighted by Crippen LogP contribution is 1.98. The molecule has 0 spiro atoms. The van der Waals surface area contributed by atoms with Crippen molar-refractivity contribution in [3.05, 3.63) is 0 Å². The summed E-state index contributed by atoms with van der Waals surface area (Å²) in [6, 6.07) is 0. The maximum absolute atomic E-state index is 10.5. The number of esters is 1. The van der Waals surface area contributed by atoms with Crippen LogP contribution in [0.4, 0.5) is 0 Å². The number of carbonyl (C=O) groups excluding carboxylic acids is 1. The van der Waals surface area contributed by atoms with Crippen molar-refractivity contribution >= 4 is 16.0 Å². The number of sulfonamides is 1. The highest BCUT2D eigenvalue weighted by molar-refractivity contribution is 7.89. The van der Waals surface area contributed by atoms with Gasteiger partial charge in [0.2, 0.25) is 15.5 Å². The van der Waals surface area contributed by atoms with E-state index in [0.29, 0.717) is 0 Å². The van der Waals surface area contributed by atoms with Crippen LogP contribution in [0.5, 0.6) is 0 Å². The van der Waals surface area contributed by atoms with Gasteiger partial charge in [-0.15, -0.1) is 0 Å². The summed E-state index contributed by atoms with van der Waals surface area (Å²) in [7, 11) is -3.75. The predicted molar refractivity (Wildman–Crippen MR) is 39.0 cm³/mol. The van der Waals surface area contributed by atoms with Crippen LogP contribution in [0.3, 0.4) is 0 Å². The summed E-state index contributed by atoms with van der Waals surface area (Å²) in [5, 5.41) is 4.68. The summed E-state index contributed by atoms with van der Waals surface area (Å²) in [6.45, 7) is 2.78. The summed E-state index contributed by atoms with van der Waals surface area (Å²) >= 11 is 0. The minimum Gasteiger partial charge on any atom is -0.445 e. The van der Waals surface area contributed by atoms with Gasteiger partial charge in [0, 0.05) is 6.42 Å². The molecule has 11 heavy (non-hydrogen) atoms. The minimum absolute atomic E-state index is 0.139. The lowest BCUT2D eigenvalue weighted by molar-refractivity contribution is -0.144. The van der Waals surface area contributed by atoms with Gasteiger partial charge in [-0.3, -0.25) is 4.79 Å². The Labute approximate surface area is 65.6 Å². The van der Waals surface area contributed by atoms with Crippen molar-refractivity contribution < 1.29 is 17.9 Å². The molecule has 66 valence electrons. The van der Waals surface area contributed by atoms with Crippen molar-refractivity contribution in [3.63, 3.8) is 0 Å². The smallest absolute Gasteiger partial charge is 0.306 e. The van der Waals surface area contributed by atoms with Gasteiger partial charge in [-0.1, -0.05) is 6.92 Å². The van der Waals surface area contributed by atoms with Crippen LogP contribution in [-0.2, 0) is 19.6 Å². The van der Waals surface area contributed by atoms with E-state index in [9.17, 15) is 13.2 Å². The Morgan fingerprint density at radius 2 is 2.09 bits per heavy atom. The van der Waals surface area contributed by atoms with E-state index in [0.717, 1.165) is 0 Å². The van der Waals surface area contributed by atoms with E-state index >= 15 is 0 Å². The summed E-state index contributed by atoms with van der Waals surface area (Å²) in [4.78, 5) is 10.5. The number of primary sulfonamides is 1. The van der Waals surface area contributed by atoms with E-state index in [1.807, 2.05) is 0 Å². The van der Waals surface area contributed by atoms with E-state index in [1.165, 1.54) is 6.92 Å². The number of rotatable bonds is 3. The quantitative estimate of drug-likeness (QED) is 0.599. The average Bonchev–Trinajstić information content (AvgIpc) is 1.85. The van der Waals surface area contributed by atoms with E-state index in [-0.39, 0.29) is 6.42 Å². The molecule has 0 aromatic carbocycles. The molecule has 0 aliphatic carbocycles. The van der Waals surface area contributed by atoms with Gasteiger partial charge in [0.05, 0.1) is 0 Å². The normalized spacial score (nSPS) is 14.1. The number of hydrogen-bond acceptors (Lipinski definition) is 4. The third kappa shape index (κ3) is 3.94.